The van der Waals surface area contributed by atoms with Gasteiger partial charge in [0.1, 0.15) is 6.04 Å². The van der Waals surface area contributed by atoms with Crippen molar-refractivity contribution in [3.05, 3.63) is 36.0 Å². The fraction of sp³-hybridized carbons (Fsp3) is 0.368. The van der Waals surface area contributed by atoms with Gasteiger partial charge in [0.05, 0.1) is 5.92 Å². The van der Waals surface area contributed by atoms with Crippen LogP contribution >= 0.6 is 23.5 Å². The van der Waals surface area contributed by atoms with E-state index in [2.05, 4.69) is 10.3 Å². The molecule has 0 aliphatic carbocycles. The number of aromatic amines is 1. The summed E-state index contributed by atoms with van der Waals surface area (Å²) in [5.74, 6) is -1.87. The van der Waals surface area contributed by atoms with Crippen LogP contribution in [0.2, 0.25) is 0 Å². The first-order valence-electron chi connectivity index (χ1n) is 8.62. The lowest BCUT2D eigenvalue weighted by Crippen LogP contribution is -2.46. The summed E-state index contributed by atoms with van der Waals surface area (Å²) >= 11 is 1.97. The molecule has 0 radical (unpaired) electrons. The highest BCUT2D eigenvalue weighted by Gasteiger charge is 2.27. The first-order valence-corrected chi connectivity index (χ1v) is 10.6. The highest BCUT2D eigenvalue weighted by Crippen LogP contribution is 2.20. The molecule has 1 heterocycles. The molecule has 1 atom stereocenters. The lowest BCUT2D eigenvalue weighted by Gasteiger charge is -2.19. The Kier molecular flexibility index (Phi) is 8.13. The van der Waals surface area contributed by atoms with Crippen LogP contribution in [0, 0.1) is 5.92 Å². The van der Waals surface area contributed by atoms with Gasteiger partial charge in [-0.05, 0) is 11.6 Å². The van der Waals surface area contributed by atoms with Gasteiger partial charge in [-0.15, -0.1) is 0 Å². The molecule has 7 nitrogen and oxygen atoms in total. The predicted octanol–water partition coefficient (Wildman–Crippen LogP) is 2.46. The van der Waals surface area contributed by atoms with Gasteiger partial charge in [-0.25, -0.2) is 4.79 Å². The number of carboxylic acid groups (broad SMARTS) is 1. The highest BCUT2D eigenvalue weighted by atomic mass is 32.2. The number of carboxylic acids is 1. The third kappa shape index (κ3) is 6.42. The standard InChI is InChI=1S/C19H22N2O5S2/c1-11(22)27-9-14(10-28-12(2)23)18(24)21-17(19(25)26)7-13-8-20-16-6-4-3-5-15(13)16/h3-6,8,14,17,20H,7,9-10H2,1-2H3,(H,21,24)(H,25,26)/t17-/m0/s1. The van der Waals surface area contributed by atoms with Gasteiger partial charge in [-0.2, -0.15) is 0 Å². The van der Waals surface area contributed by atoms with Crippen molar-refractivity contribution in [3.63, 3.8) is 0 Å². The number of amides is 1. The van der Waals surface area contributed by atoms with Crippen LogP contribution in [0.4, 0.5) is 0 Å². The molecule has 0 unspecified atom stereocenters. The molecule has 1 aromatic carbocycles. The molecule has 0 aliphatic heterocycles. The largest absolute Gasteiger partial charge is 0.480 e. The lowest BCUT2D eigenvalue weighted by atomic mass is 10.0. The highest BCUT2D eigenvalue weighted by molar-refractivity contribution is 8.14. The van der Waals surface area contributed by atoms with Gasteiger partial charge in [-0.1, -0.05) is 41.7 Å². The normalized spacial score (nSPS) is 12.1. The fourth-order valence-electron chi connectivity index (χ4n) is 2.65. The third-order valence-corrected chi connectivity index (χ3v) is 6.01. The van der Waals surface area contributed by atoms with Crippen LogP contribution in [0.3, 0.4) is 0 Å². The maximum absolute atomic E-state index is 12.6. The van der Waals surface area contributed by atoms with Crippen LogP contribution in [0.1, 0.15) is 19.4 Å². The van der Waals surface area contributed by atoms with Crippen LogP contribution in [0.15, 0.2) is 30.5 Å². The molecule has 9 heteroatoms. The molecule has 1 amide bonds. The average molecular weight is 423 g/mol. The number of aromatic nitrogens is 1. The van der Waals surface area contributed by atoms with Crippen LogP contribution in [0.5, 0.6) is 0 Å². The third-order valence-electron chi connectivity index (χ3n) is 4.06. The van der Waals surface area contributed by atoms with Crippen molar-refractivity contribution in [2.24, 2.45) is 5.92 Å². The van der Waals surface area contributed by atoms with E-state index >= 15 is 0 Å². The van der Waals surface area contributed by atoms with Crippen LogP contribution in [0.25, 0.3) is 10.9 Å². The summed E-state index contributed by atoms with van der Waals surface area (Å²) in [5.41, 5.74) is 1.68. The smallest absolute Gasteiger partial charge is 0.326 e. The molecule has 2 rings (SSSR count). The van der Waals surface area contributed by atoms with Gasteiger partial charge in [0.25, 0.3) is 0 Å². The molecule has 0 fully saturated rings. The molecule has 28 heavy (non-hydrogen) atoms. The van der Waals surface area contributed by atoms with E-state index in [9.17, 15) is 24.3 Å². The Morgan fingerprint density at radius 2 is 1.68 bits per heavy atom. The van der Waals surface area contributed by atoms with Crippen LogP contribution in [-0.4, -0.2) is 49.7 Å². The Morgan fingerprint density at radius 1 is 1.07 bits per heavy atom. The molecule has 3 N–H and O–H groups in total. The summed E-state index contributed by atoms with van der Waals surface area (Å²) in [6, 6.07) is 6.41. The Hall–Kier alpha value is -2.26. The van der Waals surface area contributed by atoms with Crippen LogP contribution < -0.4 is 5.32 Å². The summed E-state index contributed by atoms with van der Waals surface area (Å²) in [5, 5.41) is 12.8. The summed E-state index contributed by atoms with van der Waals surface area (Å²) < 4.78 is 0. The van der Waals surface area contributed by atoms with E-state index in [1.165, 1.54) is 13.8 Å². The van der Waals surface area contributed by atoms with Crippen molar-refractivity contribution in [1.82, 2.24) is 10.3 Å². The monoisotopic (exact) mass is 422 g/mol. The average Bonchev–Trinajstić information content (AvgIpc) is 3.03. The van der Waals surface area contributed by atoms with Crippen molar-refractivity contribution < 1.29 is 24.3 Å². The number of hydrogen-bond donors (Lipinski definition) is 3. The Labute approximate surface area is 171 Å². The van der Waals surface area contributed by atoms with E-state index in [-0.39, 0.29) is 28.2 Å². The number of carbonyl (C=O) groups is 4. The van der Waals surface area contributed by atoms with Crippen molar-refractivity contribution in [1.29, 1.82) is 0 Å². The van der Waals surface area contributed by atoms with Gasteiger partial charge in [0, 0.05) is 48.9 Å². The van der Waals surface area contributed by atoms with Crippen molar-refractivity contribution in [2.45, 2.75) is 26.3 Å². The predicted molar refractivity (Wildman–Crippen MR) is 111 cm³/mol. The first-order chi connectivity index (χ1) is 13.3. The molecule has 0 aliphatic rings. The van der Waals surface area contributed by atoms with Gasteiger partial charge < -0.3 is 15.4 Å². The van der Waals surface area contributed by atoms with Gasteiger partial charge in [-0.3, -0.25) is 14.4 Å². The fourth-order valence-corrected chi connectivity index (χ4v) is 4.20. The van der Waals surface area contributed by atoms with E-state index in [0.29, 0.717) is 0 Å². The Balaban J connectivity index is 2.11. The van der Waals surface area contributed by atoms with Crippen molar-refractivity contribution in [3.8, 4) is 0 Å². The number of thioether (sulfide) groups is 2. The lowest BCUT2D eigenvalue weighted by molar-refractivity contribution is -0.142. The molecule has 0 bridgehead atoms. The van der Waals surface area contributed by atoms with E-state index in [4.69, 9.17) is 0 Å². The van der Waals surface area contributed by atoms with Gasteiger partial charge in [0.2, 0.25) is 5.91 Å². The molecule has 150 valence electrons. The van der Waals surface area contributed by atoms with E-state index in [0.717, 1.165) is 40.0 Å². The Morgan fingerprint density at radius 3 is 2.25 bits per heavy atom. The molecule has 0 saturated heterocycles. The SMILES string of the molecule is CC(=O)SCC(CSC(C)=O)C(=O)N[C@@H](Cc1c[nH]c2ccccc12)C(=O)O. The van der Waals surface area contributed by atoms with E-state index < -0.39 is 23.8 Å². The zero-order chi connectivity index (χ0) is 20.7. The summed E-state index contributed by atoms with van der Waals surface area (Å²) in [6.07, 6.45) is 1.86. The zero-order valence-electron chi connectivity index (χ0n) is 15.6. The minimum atomic E-state index is -1.14. The quantitative estimate of drug-likeness (QED) is 0.568. The van der Waals surface area contributed by atoms with Crippen LogP contribution in [-0.2, 0) is 25.6 Å². The summed E-state index contributed by atoms with van der Waals surface area (Å²) in [7, 11) is 0. The van der Waals surface area contributed by atoms with Gasteiger partial charge >= 0.3 is 5.97 Å². The molecule has 2 aromatic rings. The van der Waals surface area contributed by atoms with E-state index in [1.54, 1.807) is 6.20 Å². The number of hydrogen-bond acceptors (Lipinski definition) is 6. The number of rotatable bonds is 9. The minimum Gasteiger partial charge on any atom is -0.480 e. The van der Waals surface area contributed by atoms with Gasteiger partial charge in [0.15, 0.2) is 10.2 Å². The Bertz CT molecular complexity index is 862. The number of H-pyrrole nitrogens is 1. The minimum absolute atomic E-state index is 0.123. The maximum atomic E-state index is 12.6. The molecule has 0 saturated carbocycles. The summed E-state index contributed by atoms with van der Waals surface area (Å²) in [6.45, 7) is 2.80. The number of carbonyl (C=O) groups excluding carboxylic acids is 3. The number of nitrogens with one attached hydrogen (secondary N) is 2. The summed E-state index contributed by atoms with van der Waals surface area (Å²) in [4.78, 5) is 49.9. The molecular weight excluding hydrogens is 400 g/mol. The second-order valence-electron chi connectivity index (χ2n) is 6.27. The van der Waals surface area contributed by atoms with Crippen molar-refractivity contribution >= 4 is 56.5 Å². The van der Waals surface area contributed by atoms with Crippen molar-refractivity contribution in [2.75, 3.05) is 11.5 Å². The number of aliphatic carboxylic acids is 1. The maximum Gasteiger partial charge on any atom is 0.326 e. The second-order valence-corrected chi connectivity index (χ2v) is 8.66. The first kappa shape index (κ1) is 22.0. The topological polar surface area (TPSA) is 116 Å². The number of para-hydroxylation sites is 1. The van der Waals surface area contributed by atoms with E-state index in [1.807, 2.05) is 24.3 Å². The number of fused-ring (bicyclic) bond motifs is 1. The number of benzene rings is 1. The second kappa shape index (κ2) is 10.3. The zero-order valence-corrected chi connectivity index (χ0v) is 17.2. The molecular formula is C19H22N2O5S2. The molecule has 0 spiro atoms. The molecule has 1 aromatic heterocycles.